The van der Waals surface area contributed by atoms with Gasteiger partial charge >= 0.3 is 5.97 Å². The Bertz CT molecular complexity index is 1620. The van der Waals surface area contributed by atoms with Gasteiger partial charge in [-0.2, -0.15) is 5.10 Å². The number of hydrogen-bond acceptors (Lipinski definition) is 4. The Morgan fingerprint density at radius 1 is 0.865 bits per heavy atom. The number of hydrogen-bond donors (Lipinski definition) is 2. The molecule has 0 aliphatic rings. The summed E-state index contributed by atoms with van der Waals surface area (Å²) in [4.78, 5) is 29.1. The quantitative estimate of drug-likeness (QED) is 0.125. The van der Waals surface area contributed by atoms with Crippen LogP contribution in [0, 0.1) is 13.8 Å². The second kappa shape index (κ2) is 10.3. The zero-order valence-electron chi connectivity index (χ0n) is 20.5. The standard InChI is InChI=1S/C31H25N3O3/c1-20-17-21(2)28-25(18-20)27(22-11-5-3-6-12-22)29(33-28)30(35)34-32-19-24-15-9-10-16-26(24)37-31(36)23-13-7-4-8-14-23/h3-19,33H,1-2H3,(H,34,35). The highest BCUT2D eigenvalue weighted by atomic mass is 16.5. The van der Waals surface area contributed by atoms with Crippen LogP contribution in [-0.4, -0.2) is 23.1 Å². The number of esters is 1. The highest BCUT2D eigenvalue weighted by molar-refractivity contribution is 6.10. The molecule has 6 nitrogen and oxygen atoms in total. The number of carbonyl (C=O) groups is 2. The van der Waals surface area contributed by atoms with Gasteiger partial charge in [0.25, 0.3) is 5.91 Å². The van der Waals surface area contributed by atoms with Crippen LogP contribution in [0.3, 0.4) is 0 Å². The summed E-state index contributed by atoms with van der Waals surface area (Å²) in [6.07, 6.45) is 1.46. The lowest BCUT2D eigenvalue weighted by molar-refractivity contribution is 0.0734. The molecule has 1 heterocycles. The lowest BCUT2D eigenvalue weighted by atomic mass is 9.99. The van der Waals surface area contributed by atoms with Gasteiger partial charge in [-0.3, -0.25) is 4.79 Å². The van der Waals surface area contributed by atoms with E-state index < -0.39 is 5.97 Å². The van der Waals surface area contributed by atoms with Gasteiger partial charge in [0.2, 0.25) is 0 Å². The molecule has 6 heteroatoms. The number of para-hydroxylation sites is 1. The van der Waals surface area contributed by atoms with Crippen LogP contribution < -0.4 is 10.2 Å². The molecule has 37 heavy (non-hydrogen) atoms. The molecule has 5 rings (SSSR count). The Morgan fingerprint density at radius 2 is 1.54 bits per heavy atom. The van der Waals surface area contributed by atoms with Gasteiger partial charge in [0.15, 0.2) is 0 Å². The number of nitrogens with zero attached hydrogens (tertiary/aromatic N) is 1. The maximum atomic E-state index is 13.3. The third kappa shape index (κ3) is 5.04. The molecule has 0 unspecified atom stereocenters. The summed E-state index contributed by atoms with van der Waals surface area (Å²) in [5.41, 5.74) is 8.90. The number of fused-ring (bicyclic) bond motifs is 1. The summed E-state index contributed by atoms with van der Waals surface area (Å²) < 4.78 is 5.57. The number of aromatic nitrogens is 1. The lowest BCUT2D eigenvalue weighted by Crippen LogP contribution is -2.19. The molecule has 0 aliphatic carbocycles. The zero-order chi connectivity index (χ0) is 25.8. The van der Waals surface area contributed by atoms with Gasteiger partial charge in [-0.05, 0) is 55.3 Å². The van der Waals surface area contributed by atoms with E-state index in [1.54, 1.807) is 48.5 Å². The highest BCUT2D eigenvalue weighted by Crippen LogP contribution is 2.34. The van der Waals surface area contributed by atoms with Crippen LogP contribution >= 0.6 is 0 Å². The lowest BCUT2D eigenvalue weighted by Gasteiger charge is -2.07. The molecule has 0 atom stereocenters. The van der Waals surface area contributed by atoms with E-state index in [1.807, 2.05) is 50.2 Å². The monoisotopic (exact) mass is 487 g/mol. The molecule has 0 saturated heterocycles. The summed E-state index contributed by atoms with van der Waals surface area (Å²) in [6.45, 7) is 4.06. The predicted molar refractivity (Wildman–Crippen MR) is 146 cm³/mol. The Kier molecular flexibility index (Phi) is 6.64. The minimum atomic E-state index is -0.471. The van der Waals surface area contributed by atoms with E-state index in [4.69, 9.17) is 4.74 Å². The number of nitrogens with one attached hydrogen (secondary N) is 2. The van der Waals surface area contributed by atoms with Gasteiger partial charge in [0.05, 0.1) is 11.8 Å². The van der Waals surface area contributed by atoms with Gasteiger partial charge in [0.1, 0.15) is 11.4 Å². The van der Waals surface area contributed by atoms with Gasteiger partial charge in [-0.25, -0.2) is 10.2 Å². The van der Waals surface area contributed by atoms with Crippen molar-refractivity contribution in [1.82, 2.24) is 10.4 Å². The first-order chi connectivity index (χ1) is 18.0. The van der Waals surface area contributed by atoms with Crippen LogP contribution in [0.2, 0.25) is 0 Å². The van der Waals surface area contributed by atoms with Crippen LogP contribution in [0.5, 0.6) is 5.75 Å². The van der Waals surface area contributed by atoms with Crippen molar-refractivity contribution in [3.63, 3.8) is 0 Å². The van der Waals surface area contributed by atoms with Crippen molar-refractivity contribution >= 4 is 29.0 Å². The van der Waals surface area contributed by atoms with E-state index in [2.05, 4.69) is 27.6 Å². The number of carbonyl (C=O) groups excluding carboxylic acids is 2. The predicted octanol–water partition coefficient (Wildman–Crippen LogP) is 6.43. The number of ether oxygens (including phenoxy) is 1. The zero-order valence-corrected chi connectivity index (χ0v) is 20.5. The van der Waals surface area contributed by atoms with Gasteiger partial charge in [-0.15, -0.1) is 0 Å². The van der Waals surface area contributed by atoms with Crippen molar-refractivity contribution < 1.29 is 14.3 Å². The largest absolute Gasteiger partial charge is 0.422 e. The van der Waals surface area contributed by atoms with Crippen LogP contribution in [0.1, 0.15) is 37.5 Å². The van der Waals surface area contributed by atoms with Crippen LogP contribution in [-0.2, 0) is 0 Å². The molecule has 0 radical (unpaired) electrons. The smallest absolute Gasteiger partial charge is 0.343 e. The first-order valence-electron chi connectivity index (χ1n) is 11.9. The second-order valence-corrected chi connectivity index (χ2v) is 8.74. The SMILES string of the molecule is Cc1cc(C)c2[nH]c(C(=O)NN=Cc3ccccc3OC(=O)c3ccccc3)c(-c3ccccc3)c2c1. The number of aromatic amines is 1. The first-order valence-corrected chi connectivity index (χ1v) is 11.9. The number of hydrazone groups is 1. The van der Waals surface area contributed by atoms with E-state index in [0.717, 1.165) is 33.2 Å². The molecular formula is C31H25N3O3. The molecular weight excluding hydrogens is 462 g/mol. The number of benzene rings is 4. The van der Waals surface area contributed by atoms with Gasteiger partial charge in [0, 0.05) is 22.0 Å². The molecule has 1 aromatic heterocycles. The Hall–Kier alpha value is -4.97. The second-order valence-electron chi connectivity index (χ2n) is 8.74. The molecule has 0 saturated carbocycles. The summed E-state index contributed by atoms with van der Waals surface area (Å²) in [5, 5.41) is 5.15. The normalized spacial score (nSPS) is 11.1. The summed E-state index contributed by atoms with van der Waals surface area (Å²) in [7, 11) is 0. The van der Waals surface area contributed by atoms with E-state index >= 15 is 0 Å². The van der Waals surface area contributed by atoms with Crippen molar-refractivity contribution in [3.8, 4) is 16.9 Å². The highest BCUT2D eigenvalue weighted by Gasteiger charge is 2.20. The third-order valence-corrected chi connectivity index (χ3v) is 6.04. The van der Waals surface area contributed by atoms with E-state index in [1.165, 1.54) is 6.21 Å². The molecule has 182 valence electrons. The molecule has 4 aromatic carbocycles. The van der Waals surface area contributed by atoms with Gasteiger partial charge < -0.3 is 9.72 Å². The Morgan fingerprint density at radius 3 is 2.30 bits per heavy atom. The van der Waals surface area contributed by atoms with Crippen molar-refractivity contribution in [3.05, 3.63) is 125 Å². The number of aryl methyl sites for hydroxylation is 2. The Balaban J connectivity index is 1.42. The summed E-state index contributed by atoms with van der Waals surface area (Å²) >= 11 is 0. The molecule has 2 N–H and O–H groups in total. The number of H-pyrrole nitrogens is 1. The van der Waals surface area contributed by atoms with Crippen molar-refractivity contribution in [2.45, 2.75) is 13.8 Å². The summed E-state index contributed by atoms with van der Waals surface area (Å²) in [5.74, 6) is -0.500. The van der Waals surface area contributed by atoms with Crippen molar-refractivity contribution in [2.24, 2.45) is 5.10 Å². The van der Waals surface area contributed by atoms with Crippen LogP contribution in [0.25, 0.3) is 22.0 Å². The summed E-state index contributed by atoms with van der Waals surface area (Å²) in [6, 6.07) is 29.7. The van der Waals surface area contributed by atoms with E-state index in [-0.39, 0.29) is 5.91 Å². The fourth-order valence-electron chi connectivity index (χ4n) is 4.36. The first kappa shape index (κ1) is 23.8. The average Bonchev–Trinajstić information content (AvgIpc) is 3.30. The maximum absolute atomic E-state index is 13.3. The third-order valence-electron chi connectivity index (χ3n) is 6.04. The number of rotatable bonds is 6. The van der Waals surface area contributed by atoms with Gasteiger partial charge in [-0.1, -0.05) is 72.3 Å². The van der Waals surface area contributed by atoms with Crippen molar-refractivity contribution in [1.29, 1.82) is 0 Å². The van der Waals surface area contributed by atoms with E-state index in [9.17, 15) is 9.59 Å². The van der Waals surface area contributed by atoms with Crippen molar-refractivity contribution in [2.75, 3.05) is 0 Å². The molecule has 0 spiro atoms. The fourth-order valence-corrected chi connectivity index (χ4v) is 4.36. The average molecular weight is 488 g/mol. The minimum Gasteiger partial charge on any atom is -0.422 e. The van der Waals surface area contributed by atoms with E-state index in [0.29, 0.717) is 22.6 Å². The Labute approximate surface area is 214 Å². The molecule has 0 aliphatic heterocycles. The maximum Gasteiger partial charge on any atom is 0.343 e. The molecule has 5 aromatic rings. The fraction of sp³-hybridized carbons (Fsp3) is 0.0645. The molecule has 0 fully saturated rings. The number of amides is 1. The van der Waals surface area contributed by atoms with Crippen LogP contribution in [0.15, 0.2) is 102 Å². The molecule has 0 bridgehead atoms. The topological polar surface area (TPSA) is 83.6 Å². The van der Waals surface area contributed by atoms with Crippen LogP contribution in [0.4, 0.5) is 0 Å². The minimum absolute atomic E-state index is 0.344. The molecule has 1 amide bonds.